The van der Waals surface area contributed by atoms with Crippen LogP contribution in [0.15, 0.2) is 24.3 Å². The predicted molar refractivity (Wildman–Crippen MR) is 92.3 cm³/mol. The van der Waals surface area contributed by atoms with Gasteiger partial charge in [0.15, 0.2) is 6.54 Å². The molecule has 0 aliphatic carbocycles. The molecular formula is C18H31N3O2+2. The lowest BCUT2D eigenvalue weighted by Gasteiger charge is -2.28. The summed E-state index contributed by atoms with van der Waals surface area (Å²) < 4.78 is 5.63. The van der Waals surface area contributed by atoms with E-state index in [0.29, 0.717) is 6.54 Å². The number of nitrogens with one attached hydrogen (secondary N) is 3. The van der Waals surface area contributed by atoms with Crippen molar-refractivity contribution in [3.63, 3.8) is 0 Å². The average molecular weight is 321 g/mol. The fourth-order valence-electron chi connectivity index (χ4n) is 2.89. The van der Waals surface area contributed by atoms with Gasteiger partial charge in [0.2, 0.25) is 0 Å². The van der Waals surface area contributed by atoms with Crippen LogP contribution in [0.25, 0.3) is 0 Å². The number of carbonyl (C=O) groups is 1. The molecule has 0 aromatic heterocycles. The number of carbonyl (C=O) groups excluding carboxylic acids is 1. The monoisotopic (exact) mass is 321 g/mol. The molecule has 1 fully saturated rings. The number of benzene rings is 1. The van der Waals surface area contributed by atoms with Crippen molar-refractivity contribution in [2.45, 2.75) is 26.7 Å². The van der Waals surface area contributed by atoms with Gasteiger partial charge in [0, 0.05) is 5.69 Å². The summed E-state index contributed by atoms with van der Waals surface area (Å²) in [6.07, 6.45) is 2.19. The van der Waals surface area contributed by atoms with Gasteiger partial charge < -0.3 is 19.9 Å². The molecule has 1 aromatic carbocycles. The molecule has 1 aromatic rings. The molecule has 0 atom stereocenters. The molecule has 1 aliphatic rings. The van der Waals surface area contributed by atoms with E-state index in [4.69, 9.17) is 4.74 Å². The highest BCUT2D eigenvalue weighted by atomic mass is 16.5. The van der Waals surface area contributed by atoms with Crippen molar-refractivity contribution in [1.29, 1.82) is 0 Å². The molecule has 1 heterocycles. The lowest BCUT2D eigenvalue weighted by Crippen LogP contribution is -3.28. The summed E-state index contributed by atoms with van der Waals surface area (Å²) in [5.74, 6) is 0.959. The molecule has 3 N–H and O–H groups in total. The molecule has 0 saturated carbocycles. The summed E-state index contributed by atoms with van der Waals surface area (Å²) >= 11 is 0. The van der Waals surface area contributed by atoms with Crippen LogP contribution in [0.2, 0.25) is 0 Å². The molecule has 0 spiro atoms. The second-order valence-electron chi connectivity index (χ2n) is 6.30. The molecule has 2 rings (SSSR count). The number of amides is 1. The zero-order chi connectivity index (χ0) is 16.5. The van der Waals surface area contributed by atoms with Crippen molar-refractivity contribution < 1.29 is 19.3 Å². The molecule has 0 bridgehead atoms. The highest BCUT2D eigenvalue weighted by Gasteiger charge is 2.23. The Hall–Kier alpha value is -1.59. The fraction of sp³-hybridized carbons (Fsp3) is 0.611. The zero-order valence-corrected chi connectivity index (χ0v) is 14.5. The third-order valence-corrected chi connectivity index (χ3v) is 4.48. The predicted octanol–water partition coefficient (Wildman–Crippen LogP) is -0.393. The van der Waals surface area contributed by atoms with Crippen molar-refractivity contribution >= 4 is 11.6 Å². The molecular weight excluding hydrogens is 290 g/mol. The van der Waals surface area contributed by atoms with E-state index in [9.17, 15) is 4.79 Å². The first-order valence-corrected chi connectivity index (χ1v) is 8.91. The number of unbranched alkanes of at least 4 members (excludes halogenated alkanes) is 1. The van der Waals surface area contributed by atoms with Crippen molar-refractivity contribution in [2.75, 3.05) is 51.2 Å². The van der Waals surface area contributed by atoms with Gasteiger partial charge in [-0.25, -0.2) is 0 Å². The third-order valence-electron chi connectivity index (χ3n) is 4.48. The SMILES string of the molecule is CCCCOc1ccc(NC(=O)C[NH+]2CC[NH+](CC)CC2)cc1. The minimum absolute atomic E-state index is 0.0969. The van der Waals surface area contributed by atoms with E-state index in [0.717, 1.165) is 44.0 Å². The Morgan fingerprint density at radius 2 is 1.74 bits per heavy atom. The second kappa shape index (κ2) is 9.53. The quantitative estimate of drug-likeness (QED) is 0.571. The van der Waals surface area contributed by atoms with Crippen LogP contribution >= 0.6 is 0 Å². The summed E-state index contributed by atoms with van der Waals surface area (Å²) in [6.45, 7) is 11.4. The molecule has 0 unspecified atom stereocenters. The molecule has 5 heteroatoms. The smallest absolute Gasteiger partial charge is 0.279 e. The Balaban J connectivity index is 1.72. The highest BCUT2D eigenvalue weighted by Crippen LogP contribution is 2.15. The first kappa shape index (κ1) is 17.8. The van der Waals surface area contributed by atoms with Crippen LogP contribution < -0.4 is 19.9 Å². The lowest BCUT2D eigenvalue weighted by atomic mass is 10.3. The van der Waals surface area contributed by atoms with Gasteiger partial charge in [-0.1, -0.05) is 13.3 Å². The first-order chi connectivity index (χ1) is 11.2. The summed E-state index contributed by atoms with van der Waals surface area (Å²) in [4.78, 5) is 15.2. The third kappa shape index (κ3) is 6.20. The van der Waals surface area contributed by atoms with Crippen LogP contribution in [0.1, 0.15) is 26.7 Å². The van der Waals surface area contributed by atoms with Crippen LogP contribution in [-0.4, -0.2) is 51.8 Å². The van der Waals surface area contributed by atoms with Crippen LogP contribution in [0.5, 0.6) is 5.75 Å². The number of piperazine rings is 1. The van der Waals surface area contributed by atoms with Gasteiger partial charge in [-0.05, 0) is 37.6 Å². The summed E-state index contributed by atoms with van der Waals surface area (Å²) in [5, 5.41) is 2.99. The van der Waals surface area contributed by atoms with E-state index < -0.39 is 0 Å². The van der Waals surface area contributed by atoms with Gasteiger partial charge >= 0.3 is 0 Å². The van der Waals surface area contributed by atoms with Gasteiger partial charge in [0.1, 0.15) is 31.9 Å². The zero-order valence-electron chi connectivity index (χ0n) is 14.5. The van der Waals surface area contributed by atoms with Crippen molar-refractivity contribution in [3.8, 4) is 5.75 Å². The minimum atomic E-state index is 0.0969. The number of quaternary nitrogens is 2. The Bertz CT molecular complexity index is 468. The van der Waals surface area contributed by atoms with E-state index in [2.05, 4.69) is 19.2 Å². The number of likely N-dealkylation sites (N-methyl/N-ethyl adjacent to an activating group) is 1. The minimum Gasteiger partial charge on any atom is -0.494 e. The van der Waals surface area contributed by atoms with Crippen LogP contribution in [0, 0.1) is 0 Å². The fourth-order valence-corrected chi connectivity index (χ4v) is 2.89. The van der Waals surface area contributed by atoms with Gasteiger partial charge in [0.05, 0.1) is 13.2 Å². The van der Waals surface area contributed by atoms with Gasteiger partial charge in [-0.2, -0.15) is 0 Å². The van der Waals surface area contributed by atoms with Crippen LogP contribution in [-0.2, 0) is 4.79 Å². The molecule has 1 saturated heterocycles. The Labute approximate surface area is 139 Å². The van der Waals surface area contributed by atoms with Gasteiger partial charge in [-0.3, -0.25) is 4.79 Å². The molecule has 1 aliphatic heterocycles. The lowest BCUT2D eigenvalue weighted by molar-refractivity contribution is -1.01. The maximum Gasteiger partial charge on any atom is 0.279 e. The van der Waals surface area contributed by atoms with E-state index in [1.54, 1.807) is 4.90 Å². The molecule has 23 heavy (non-hydrogen) atoms. The molecule has 0 radical (unpaired) electrons. The normalized spacial score (nSPS) is 21.0. The summed E-state index contributed by atoms with van der Waals surface area (Å²) in [6, 6.07) is 7.66. The summed E-state index contributed by atoms with van der Waals surface area (Å²) in [7, 11) is 0. The number of rotatable bonds is 8. The first-order valence-electron chi connectivity index (χ1n) is 8.91. The number of ether oxygens (including phenoxy) is 1. The molecule has 128 valence electrons. The van der Waals surface area contributed by atoms with Crippen molar-refractivity contribution in [3.05, 3.63) is 24.3 Å². The highest BCUT2D eigenvalue weighted by molar-refractivity contribution is 5.91. The topological polar surface area (TPSA) is 47.2 Å². The Kier molecular flexibility index (Phi) is 7.36. The van der Waals surface area contributed by atoms with Gasteiger partial charge in [0.25, 0.3) is 5.91 Å². The summed E-state index contributed by atoms with van der Waals surface area (Å²) in [5.41, 5.74) is 0.843. The Morgan fingerprint density at radius 1 is 1.09 bits per heavy atom. The molecule has 5 nitrogen and oxygen atoms in total. The second-order valence-corrected chi connectivity index (χ2v) is 6.30. The van der Waals surface area contributed by atoms with Crippen molar-refractivity contribution in [1.82, 2.24) is 0 Å². The maximum absolute atomic E-state index is 12.2. The van der Waals surface area contributed by atoms with Crippen molar-refractivity contribution in [2.24, 2.45) is 0 Å². The Morgan fingerprint density at radius 3 is 2.35 bits per heavy atom. The van der Waals surface area contributed by atoms with Gasteiger partial charge in [-0.15, -0.1) is 0 Å². The van der Waals surface area contributed by atoms with E-state index in [1.165, 1.54) is 24.5 Å². The maximum atomic E-state index is 12.2. The number of hydrogen-bond donors (Lipinski definition) is 3. The van der Waals surface area contributed by atoms with E-state index in [-0.39, 0.29) is 5.91 Å². The average Bonchev–Trinajstić information content (AvgIpc) is 2.57. The van der Waals surface area contributed by atoms with Crippen LogP contribution in [0.4, 0.5) is 5.69 Å². The largest absolute Gasteiger partial charge is 0.494 e. The van der Waals surface area contributed by atoms with E-state index >= 15 is 0 Å². The standard InChI is InChI=1S/C18H29N3O2/c1-3-5-14-23-17-8-6-16(7-9-17)19-18(22)15-21-12-10-20(4-2)11-13-21/h6-9H,3-5,10-15H2,1-2H3,(H,19,22)/p+2. The van der Waals surface area contributed by atoms with E-state index in [1.807, 2.05) is 24.3 Å². The number of anilines is 1. The molecule has 1 amide bonds. The van der Waals surface area contributed by atoms with Crippen LogP contribution in [0.3, 0.4) is 0 Å². The number of hydrogen-bond acceptors (Lipinski definition) is 2.